The fourth-order valence-corrected chi connectivity index (χ4v) is 2.17. The van der Waals surface area contributed by atoms with Crippen LogP contribution in [0.25, 0.3) is 10.9 Å². The molecule has 1 atom stereocenters. The van der Waals surface area contributed by atoms with Gasteiger partial charge < -0.3 is 11.1 Å². The van der Waals surface area contributed by atoms with Gasteiger partial charge in [-0.25, -0.2) is 0 Å². The first-order chi connectivity index (χ1) is 8.06. The third-order valence-electron chi connectivity index (χ3n) is 2.84. The van der Waals surface area contributed by atoms with Crippen LogP contribution in [-0.4, -0.2) is 16.2 Å². The van der Waals surface area contributed by atoms with Gasteiger partial charge in [0.1, 0.15) is 0 Å². The Kier molecular flexibility index (Phi) is 3.22. The van der Waals surface area contributed by atoms with E-state index in [-0.39, 0.29) is 0 Å². The number of nitrogens with zero attached hydrogens (tertiary/aromatic N) is 1. The number of hydrogen-bond donors (Lipinski definition) is 3. The van der Waals surface area contributed by atoms with Crippen LogP contribution in [0.2, 0.25) is 0 Å². The molecule has 4 N–H and O–H groups in total. The van der Waals surface area contributed by atoms with Crippen molar-refractivity contribution in [3.8, 4) is 0 Å². The fraction of sp³-hybridized carbons (Fsp3) is 0.462. The van der Waals surface area contributed by atoms with Crippen molar-refractivity contribution in [3.63, 3.8) is 0 Å². The van der Waals surface area contributed by atoms with Crippen molar-refractivity contribution in [2.24, 2.45) is 5.92 Å². The summed E-state index contributed by atoms with van der Waals surface area (Å²) in [5, 5.41) is 11.5. The molecular formula is C13H20N4. The smallest absolute Gasteiger partial charge is 0.0672 e. The number of benzene rings is 1. The van der Waals surface area contributed by atoms with E-state index >= 15 is 0 Å². The van der Waals surface area contributed by atoms with Crippen molar-refractivity contribution in [1.29, 1.82) is 0 Å². The number of anilines is 2. The average molecular weight is 232 g/mol. The molecule has 0 fully saturated rings. The molecule has 4 nitrogen and oxygen atoms in total. The second-order valence-electron chi connectivity index (χ2n) is 5.07. The van der Waals surface area contributed by atoms with Crippen LogP contribution >= 0.6 is 0 Å². The molecule has 0 saturated carbocycles. The molecule has 0 spiro atoms. The molecule has 1 aromatic carbocycles. The number of fused-ring (bicyclic) bond motifs is 1. The van der Waals surface area contributed by atoms with E-state index in [2.05, 4.69) is 36.3 Å². The first-order valence-corrected chi connectivity index (χ1v) is 6.05. The van der Waals surface area contributed by atoms with Crippen molar-refractivity contribution in [1.82, 2.24) is 10.2 Å². The lowest BCUT2D eigenvalue weighted by Crippen LogP contribution is -2.18. The van der Waals surface area contributed by atoms with E-state index in [9.17, 15) is 0 Å². The summed E-state index contributed by atoms with van der Waals surface area (Å²) in [7, 11) is 0. The van der Waals surface area contributed by atoms with Crippen LogP contribution in [-0.2, 0) is 0 Å². The van der Waals surface area contributed by atoms with Gasteiger partial charge in [0, 0.05) is 11.4 Å². The maximum Gasteiger partial charge on any atom is 0.0672 e. The molecule has 1 unspecified atom stereocenters. The molecule has 2 aromatic rings. The molecule has 0 bridgehead atoms. The molecule has 1 heterocycles. The lowest BCUT2D eigenvalue weighted by Gasteiger charge is -2.18. The fourth-order valence-electron chi connectivity index (χ4n) is 2.17. The number of H-pyrrole nitrogens is 1. The second-order valence-corrected chi connectivity index (χ2v) is 5.07. The number of aromatic nitrogens is 2. The minimum atomic E-state index is 0.415. The van der Waals surface area contributed by atoms with E-state index in [0.717, 1.165) is 28.7 Å². The van der Waals surface area contributed by atoms with E-state index in [1.54, 1.807) is 6.20 Å². The molecule has 0 saturated heterocycles. The third kappa shape index (κ3) is 2.70. The monoisotopic (exact) mass is 232 g/mol. The zero-order chi connectivity index (χ0) is 12.4. The van der Waals surface area contributed by atoms with Crippen LogP contribution in [0.3, 0.4) is 0 Å². The highest BCUT2D eigenvalue weighted by Gasteiger charge is 2.08. The number of hydrogen-bond acceptors (Lipinski definition) is 3. The topological polar surface area (TPSA) is 66.7 Å². The highest BCUT2D eigenvalue weighted by atomic mass is 15.1. The molecule has 2 rings (SSSR count). The number of aromatic amines is 1. The van der Waals surface area contributed by atoms with E-state index in [4.69, 9.17) is 5.73 Å². The Hall–Kier alpha value is -1.71. The first-order valence-electron chi connectivity index (χ1n) is 6.05. The zero-order valence-corrected chi connectivity index (χ0v) is 10.6. The summed E-state index contributed by atoms with van der Waals surface area (Å²) >= 11 is 0. The number of rotatable bonds is 4. The largest absolute Gasteiger partial charge is 0.397 e. The van der Waals surface area contributed by atoms with Crippen LogP contribution in [0.5, 0.6) is 0 Å². The average Bonchev–Trinajstić information content (AvgIpc) is 2.63. The van der Waals surface area contributed by atoms with Crippen LogP contribution in [0.15, 0.2) is 18.3 Å². The summed E-state index contributed by atoms with van der Waals surface area (Å²) in [4.78, 5) is 0. The van der Waals surface area contributed by atoms with Crippen molar-refractivity contribution in [2.75, 3.05) is 11.1 Å². The molecule has 4 heteroatoms. The van der Waals surface area contributed by atoms with Gasteiger partial charge in [-0.1, -0.05) is 13.8 Å². The van der Waals surface area contributed by atoms with E-state index in [1.807, 2.05) is 12.1 Å². The van der Waals surface area contributed by atoms with Crippen molar-refractivity contribution in [2.45, 2.75) is 33.2 Å². The molecule has 0 aliphatic rings. The zero-order valence-electron chi connectivity index (χ0n) is 10.6. The first kappa shape index (κ1) is 11.8. The molecule has 0 aliphatic heterocycles. The molecular weight excluding hydrogens is 212 g/mol. The van der Waals surface area contributed by atoms with Gasteiger partial charge in [0.15, 0.2) is 0 Å². The Morgan fingerprint density at radius 1 is 1.35 bits per heavy atom. The number of nitrogens with one attached hydrogen (secondary N) is 2. The maximum absolute atomic E-state index is 6.02. The summed E-state index contributed by atoms with van der Waals surface area (Å²) < 4.78 is 0. The van der Waals surface area contributed by atoms with Crippen molar-refractivity contribution in [3.05, 3.63) is 18.3 Å². The Labute approximate surface area is 102 Å². The molecule has 17 heavy (non-hydrogen) atoms. The summed E-state index contributed by atoms with van der Waals surface area (Å²) in [6.45, 7) is 6.62. The van der Waals surface area contributed by atoms with Gasteiger partial charge in [-0.2, -0.15) is 5.10 Å². The van der Waals surface area contributed by atoms with Gasteiger partial charge >= 0.3 is 0 Å². The Bertz CT molecular complexity index is 501. The molecule has 92 valence electrons. The van der Waals surface area contributed by atoms with Gasteiger partial charge in [-0.05, 0) is 31.4 Å². The Balaban J connectivity index is 2.19. The van der Waals surface area contributed by atoms with Gasteiger partial charge in [0.05, 0.1) is 23.1 Å². The van der Waals surface area contributed by atoms with Crippen molar-refractivity contribution < 1.29 is 0 Å². The highest BCUT2D eigenvalue weighted by molar-refractivity contribution is 5.88. The summed E-state index contributed by atoms with van der Waals surface area (Å²) in [6, 6.07) is 4.38. The highest BCUT2D eigenvalue weighted by Crippen LogP contribution is 2.25. The molecule has 1 aromatic heterocycles. The van der Waals surface area contributed by atoms with Crippen molar-refractivity contribution >= 4 is 22.3 Å². The van der Waals surface area contributed by atoms with E-state index in [0.29, 0.717) is 12.0 Å². The number of nitrogens with two attached hydrogens (primary N) is 1. The Morgan fingerprint density at radius 2 is 2.12 bits per heavy atom. The number of nitrogen functional groups attached to an aromatic ring is 1. The quantitative estimate of drug-likeness (QED) is 0.710. The van der Waals surface area contributed by atoms with E-state index < -0.39 is 0 Å². The predicted octanol–water partition coefficient (Wildman–Crippen LogP) is 2.99. The maximum atomic E-state index is 6.02. The summed E-state index contributed by atoms with van der Waals surface area (Å²) in [5.41, 5.74) is 8.79. The predicted molar refractivity (Wildman–Crippen MR) is 73.0 cm³/mol. The van der Waals surface area contributed by atoms with Crippen LogP contribution in [0.1, 0.15) is 27.2 Å². The van der Waals surface area contributed by atoms with Crippen LogP contribution < -0.4 is 11.1 Å². The van der Waals surface area contributed by atoms with Crippen LogP contribution in [0.4, 0.5) is 11.4 Å². The minimum Gasteiger partial charge on any atom is -0.397 e. The van der Waals surface area contributed by atoms with Gasteiger partial charge in [-0.3, -0.25) is 5.10 Å². The van der Waals surface area contributed by atoms with Gasteiger partial charge in [-0.15, -0.1) is 0 Å². The second kappa shape index (κ2) is 4.65. The molecule has 0 aliphatic carbocycles. The molecule has 0 radical (unpaired) electrons. The summed E-state index contributed by atoms with van der Waals surface area (Å²) in [5.74, 6) is 0.676. The normalized spacial score (nSPS) is 13.2. The lowest BCUT2D eigenvalue weighted by molar-refractivity contribution is 0.540. The Morgan fingerprint density at radius 3 is 2.82 bits per heavy atom. The third-order valence-corrected chi connectivity index (χ3v) is 2.84. The standard InChI is InChI=1S/C13H20N4/c1-8(2)4-9(3)16-13-6-12-10(5-11(13)14)7-15-17-12/h5-9,16H,4,14H2,1-3H3,(H,15,17). The van der Waals surface area contributed by atoms with E-state index in [1.165, 1.54) is 0 Å². The lowest BCUT2D eigenvalue weighted by atomic mass is 10.0. The van der Waals surface area contributed by atoms with Gasteiger partial charge in [0.2, 0.25) is 0 Å². The molecule has 0 amide bonds. The SMILES string of the molecule is CC(C)CC(C)Nc1cc2[nH]ncc2cc1N. The van der Waals surface area contributed by atoms with Gasteiger partial charge in [0.25, 0.3) is 0 Å². The summed E-state index contributed by atoms with van der Waals surface area (Å²) in [6.07, 6.45) is 2.91. The van der Waals surface area contributed by atoms with Crippen LogP contribution in [0, 0.1) is 5.92 Å². The minimum absolute atomic E-state index is 0.415.